The van der Waals surface area contributed by atoms with E-state index in [9.17, 15) is 4.79 Å². The Morgan fingerprint density at radius 3 is 2.28 bits per heavy atom. The Morgan fingerprint density at radius 1 is 1.04 bits per heavy atom. The van der Waals surface area contributed by atoms with Crippen LogP contribution in [-0.2, 0) is 0 Å². The smallest absolute Gasteiger partial charge is 0.182 e. The third kappa shape index (κ3) is 6.75. The fourth-order valence-corrected chi connectivity index (χ4v) is 4.49. The van der Waals surface area contributed by atoms with Gasteiger partial charge in [-0.05, 0) is 56.1 Å². The van der Waals surface area contributed by atoms with Crippen LogP contribution in [0.1, 0.15) is 50.0 Å². The predicted molar refractivity (Wildman–Crippen MR) is 113 cm³/mol. The van der Waals surface area contributed by atoms with Gasteiger partial charge in [0, 0.05) is 24.4 Å². The van der Waals surface area contributed by atoms with Crippen LogP contribution in [0.2, 0.25) is 0 Å². The van der Waals surface area contributed by atoms with Crippen LogP contribution in [0.25, 0.3) is 11.1 Å². The Bertz CT molecular complexity index is 689. The van der Waals surface area contributed by atoms with E-state index in [2.05, 4.69) is 45.9 Å². The maximum absolute atomic E-state index is 12.9. The molecule has 0 fully saturated rings. The molecule has 2 atom stereocenters. The van der Waals surface area contributed by atoms with Gasteiger partial charge in [0.15, 0.2) is 5.52 Å². The summed E-state index contributed by atoms with van der Waals surface area (Å²) in [7, 11) is 0.348. The molecule has 2 aromatic carbocycles. The molecule has 0 aromatic heterocycles. The molecule has 0 aliphatic heterocycles. The fraction of sp³-hybridized carbons (Fsp3) is 0.409. The Morgan fingerprint density at radius 2 is 1.68 bits per heavy atom. The number of hydrogen-bond donors (Lipinski definition) is 0. The first-order valence-electron chi connectivity index (χ1n) is 8.71. The van der Waals surface area contributed by atoms with Crippen molar-refractivity contribution in [1.82, 2.24) is 0 Å². The van der Waals surface area contributed by atoms with Gasteiger partial charge in [0.2, 0.25) is 0 Å². The Balaban J connectivity index is 0.00000312. The summed E-state index contributed by atoms with van der Waals surface area (Å²) in [5.41, 5.74) is 4.80. The maximum atomic E-state index is 12.9. The summed E-state index contributed by atoms with van der Waals surface area (Å²) in [6.45, 7) is 11.1. The Hall–Kier alpha value is -0.863. The zero-order chi connectivity index (χ0) is 17.7. The van der Waals surface area contributed by atoms with E-state index in [1.807, 2.05) is 37.3 Å². The Kier molecular flexibility index (Phi) is 8.63. The summed E-state index contributed by atoms with van der Waals surface area (Å²) in [6.07, 6.45) is 2.14. The zero-order valence-corrected chi connectivity index (χ0v) is 17.5. The van der Waals surface area contributed by atoms with Gasteiger partial charge in [-0.3, -0.25) is 4.79 Å². The van der Waals surface area contributed by atoms with Gasteiger partial charge in [-0.2, -0.15) is 0 Å². The van der Waals surface area contributed by atoms with Crippen LogP contribution >= 0.6 is 8.58 Å². The van der Waals surface area contributed by atoms with Crippen molar-refractivity contribution in [3.63, 3.8) is 0 Å². The van der Waals surface area contributed by atoms with Crippen LogP contribution in [0.15, 0.2) is 48.5 Å². The van der Waals surface area contributed by atoms with Crippen molar-refractivity contribution in [3.05, 3.63) is 59.7 Å². The second-order valence-corrected chi connectivity index (χ2v) is 9.16. The van der Waals surface area contributed by atoms with Gasteiger partial charge in [-0.15, -0.1) is 0 Å². The standard InChI is InChI=1S/C22H29OP.Li/c1-16(14-22(3,4)5)15-24-21(23)20-17(2)10-9-13-19(20)18-11-7-6-8-12-18;/h6-13,16,24H,14-15H2,1-5H3;. The third-order valence-corrected chi connectivity index (χ3v) is 5.63. The largest absolute Gasteiger partial charge is 0.289 e. The third-order valence-electron chi connectivity index (χ3n) is 4.16. The van der Waals surface area contributed by atoms with Crippen LogP contribution in [0, 0.1) is 18.3 Å². The first kappa shape index (κ1) is 22.2. The molecule has 3 heteroatoms. The fourth-order valence-electron chi connectivity index (χ4n) is 3.30. The van der Waals surface area contributed by atoms with E-state index in [1.165, 1.54) is 0 Å². The number of carbonyl (C=O) groups excluding carboxylic acids is 1. The van der Waals surface area contributed by atoms with E-state index in [1.54, 1.807) is 0 Å². The first-order valence-corrected chi connectivity index (χ1v) is 9.92. The number of benzene rings is 2. The molecule has 0 spiro atoms. The van der Waals surface area contributed by atoms with E-state index in [0.29, 0.717) is 25.4 Å². The number of aryl methyl sites for hydroxylation is 1. The summed E-state index contributed by atoms with van der Waals surface area (Å²) in [4.78, 5) is 12.9. The van der Waals surface area contributed by atoms with E-state index in [0.717, 1.165) is 34.8 Å². The molecule has 2 unspecified atom stereocenters. The molecule has 0 amide bonds. The van der Waals surface area contributed by atoms with Crippen LogP contribution in [0.5, 0.6) is 0 Å². The molecular weight excluding hydrogens is 318 g/mol. The average molecular weight is 347 g/mol. The topological polar surface area (TPSA) is 17.1 Å². The molecule has 1 radical (unpaired) electrons. The molecule has 129 valence electrons. The average Bonchev–Trinajstić information content (AvgIpc) is 2.51. The van der Waals surface area contributed by atoms with Gasteiger partial charge in [0.05, 0.1) is 0 Å². The van der Waals surface area contributed by atoms with Crippen molar-refractivity contribution in [2.24, 2.45) is 11.3 Å². The summed E-state index contributed by atoms with van der Waals surface area (Å²) >= 11 is 0. The van der Waals surface area contributed by atoms with Crippen LogP contribution in [0.4, 0.5) is 0 Å². The molecule has 0 aliphatic rings. The summed E-state index contributed by atoms with van der Waals surface area (Å²) in [6, 6.07) is 16.4. The molecule has 0 saturated carbocycles. The molecule has 0 heterocycles. The molecule has 2 aromatic rings. The van der Waals surface area contributed by atoms with Gasteiger partial charge >= 0.3 is 0 Å². The molecule has 1 nitrogen and oxygen atoms in total. The quantitative estimate of drug-likeness (QED) is 0.451. The van der Waals surface area contributed by atoms with Crippen LogP contribution in [0.3, 0.4) is 0 Å². The first-order chi connectivity index (χ1) is 11.3. The van der Waals surface area contributed by atoms with Crippen molar-refractivity contribution >= 4 is 33.0 Å². The maximum Gasteiger partial charge on any atom is 0.182 e. The molecule has 25 heavy (non-hydrogen) atoms. The van der Waals surface area contributed by atoms with E-state index in [-0.39, 0.29) is 18.9 Å². The van der Waals surface area contributed by atoms with Gasteiger partial charge in [0.25, 0.3) is 0 Å². The second-order valence-electron chi connectivity index (χ2n) is 7.94. The van der Waals surface area contributed by atoms with E-state index in [4.69, 9.17) is 0 Å². The minimum atomic E-state index is 0. The zero-order valence-electron chi connectivity index (χ0n) is 16.5. The monoisotopic (exact) mass is 347 g/mol. The normalized spacial score (nSPS) is 12.8. The molecule has 0 N–H and O–H groups in total. The van der Waals surface area contributed by atoms with E-state index >= 15 is 0 Å². The van der Waals surface area contributed by atoms with Gasteiger partial charge in [-0.25, -0.2) is 0 Å². The predicted octanol–water partition coefficient (Wildman–Crippen LogP) is 6.17. The van der Waals surface area contributed by atoms with E-state index < -0.39 is 0 Å². The van der Waals surface area contributed by atoms with Gasteiger partial charge in [-0.1, -0.05) is 76.2 Å². The number of carbonyl (C=O) groups is 1. The van der Waals surface area contributed by atoms with Gasteiger partial charge in [0.1, 0.15) is 0 Å². The van der Waals surface area contributed by atoms with Crippen molar-refractivity contribution < 1.29 is 4.79 Å². The summed E-state index contributed by atoms with van der Waals surface area (Å²) in [5, 5.41) is 0. The molecule has 0 saturated heterocycles. The summed E-state index contributed by atoms with van der Waals surface area (Å²) < 4.78 is 0. The van der Waals surface area contributed by atoms with Crippen molar-refractivity contribution in [2.75, 3.05) is 6.16 Å². The van der Waals surface area contributed by atoms with Crippen LogP contribution < -0.4 is 0 Å². The van der Waals surface area contributed by atoms with Crippen LogP contribution in [-0.4, -0.2) is 30.5 Å². The Labute approximate surface area is 167 Å². The SMILES string of the molecule is Cc1cccc(-c2ccccc2)c1C(=O)PCC(C)CC(C)(C)C.[Li]. The molecule has 0 bridgehead atoms. The van der Waals surface area contributed by atoms with Crippen molar-refractivity contribution in [1.29, 1.82) is 0 Å². The second kappa shape index (κ2) is 9.73. The number of hydrogen-bond acceptors (Lipinski definition) is 1. The minimum Gasteiger partial charge on any atom is -0.289 e. The summed E-state index contributed by atoms with van der Waals surface area (Å²) in [5.74, 6) is 0.580. The van der Waals surface area contributed by atoms with Crippen molar-refractivity contribution in [2.45, 2.75) is 41.0 Å². The van der Waals surface area contributed by atoms with Crippen molar-refractivity contribution in [3.8, 4) is 11.1 Å². The van der Waals surface area contributed by atoms with Gasteiger partial charge < -0.3 is 0 Å². The minimum absolute atomic E-state index is 0. The molecular formula is C22H29LiOP. The molecule has 2 rings (SSSR count). The molecule has 0 aliphatic carbocycles. The number of rotatable bonds is 6.